The van der Waals surface area contributed by atoms with E-state index in [0.717, 1.165) is 17.0 Å². The molecule has 0 radical (unpaired) electrons. The van der Waals surface area contributed by atoms with Crippen molar-refractivity contribution in [1.29, 1.82) is 0 Å². The molecule has 6 heteroatoms. The minimum Gasteiger partial charge on any atom is -0.351 e. The number of rotatable bonds is 3. The Balaban J connectivity index is 2.04. The molecule has 2 amide bonds. The summed E-state index contributed by atoms with van der Waals surface area (Å²) in [7, 11) is 3.64. The van der Waals surface area contributed by atoms with Gasteiger partial charge in [0.2, 0.25) is 0 Å². The van der Waals surface area contributed by atoms with Crippen molar-refractivity contribution in [2.75, 3.05) is 12.4 Å². The van der Waals surface area contributed by atoms with Crippen molar-refractivity contribution in [3.05, 3.63) is 46.4 Å². The van der Waals surface area contributed by atoms with Crippen LogP contribution in [-0.2, 0) is 13.6 Å². The molecule has 21 heavy (non-hydrogen) atoms. The Morgan fingerprint density at radius 2 is 2.10 bits per heavy atom. The van der Waals surface area contributed by atoms with Gasteiger partial charge in [-0.15, -0.1) is 0 Å². The van der Waals surface area contributed by atoms with E-state index in [1.165, 1.54) is 0 Å². The van der Waals surface area contributed by atoms with Crippen LogP contribution >= 0.6 is 11.6 Å². The maximum Gasteiger partial charge on any atom is 0.323 e. The Kier molecular flexibility index (Phi) is 4.53. The summed E-state index contributed by atoms with van der Waals surface area (Å²) in [6.45, 7) is 4.35. The lowest BCUT2D eigenvalue weighted by Gasteiger charge is -2.18. The molecule has 0 aromatic carbocycles. The zero-order valence-corrected chi connectivity index (χ0v) is 13.4. The third-order valence-electron chi connectivity index (χ3n) is 3.15. The van der Waals surface area contributed by atoms with Crippen LogP contribution in [0.4, 0.5) is 10.6 Å². The van der Waals surface area contributed by atoms with Crippen molar-refractivity contribution >= 4 is 23.4 Å². The molecule has 2 aromatic heterocycles. The van der Waals surface area contributed by atoms with Crippen molar-refractivity contribution < 1.29 is 4.79 Å². The summed E-state index contributed by atoms with van der Waals surface area (Å²) in [5.74, 6) is 0.564. The van der Waals surface area contributed by atoms with E-state index in [1.54, 1.807) is 11.9 Å². The van der Waals surface area contributed by atoms with Crippen molar-refractivity contribution in [2.24, 2.45) is 7.05 Å². The fraction of sp³-hybridized carbons (Fsp3) is 0.333. The van der Waals surface area contributed by atoms with E-state index in [-0.39, 0.29) is 6.03 Å². The maximum absolute atomic E-state index is 12.2. The quantitative estimate of drug-likeness (QED) is 0.945. The second-order valence-corrected chi connectivity index (χ2v) is 5.65. The number of nitrogens with zero attached hydrogens (tertiary/aromatic N) is 3. The topological polar surface area (TPSA) is 50.2 Å². The average molecular weight is 307 g/mol. The zero-order chi connectivity index (χ0) is 15.6. The van der Waals surface area contributed by atoms with Gasteiger partial charge in [-0.25, -0.2) is 9.78 Å². The van der Waals surface area contributed by atoms with E-state index in [9.17, 15) is 4.79 Å². The Labute approximate surface area is 129 Å². The fourth-order valence-electron chi connectivity index (χ4n) is 2.15. The molecule has 2 rings (SSSR count). The maximum atomic E-state index is 12.2. The molecule has 0 unspecified atom stereocenters. The Morgan fingerprint density at radius 1 is 1.38 bits per heavy atom. The minimum absolute atomic E-state index is 0.204. The van der Waals surface area contributed by atoms with Gasteiger partial charge in [-0.2, -0.15) is 0 Å². The second-order valence-electron chi connectivity index (χ2n) is 5.22. The fourth-order valence-corrected chi connectivity index (χ4v) is 2.42. The average Bonchev–Trinajstić information content (AvgIpc) is 2.66. The summed E-state index contributed by atoms with van der Waals surface area (Å²) < 4.78 is 1.90. The number of nitrogens with one attached hydrogen (secondary N) is 1. The number of hydrogen-bond acceptors (Lipinski definition) is 2. The summed E-state index contributed by atoms with van der Waals surface area (Å²) in [4.78, 5) is 18.1. The number of aromatic nitrogens is 2. The van der Waals surface area contributed by atoms with Gasteiger partial charge in [0.05, 0.1) is 11.6 Å². The summed E-state index contributed by atoms with van der Waals surface area (Å²) in [6.07, 6.45) is 1.81. The monoisotopic (exact) mass is 306 g/mol. The van der Waals surface area contributed by atoms with Crippen LogP contribution in [0.3, 0.4) is 0 Å². The lowest BCUT2D eigenvalue weighted by molar-refractivity contribution is 0.219. The van der Waals surface area contributed by atoms with Gasteiger partial charge in [-0.1, -0.05) is 11.6 Å². The van der Waals surface area contributed by atoms with Crippen LogP contribution in [0.5, 0.6) is 0 Å². The van der Waals surface area contributed by atoms with Crippen molar-refractivity contribution in [2.45, 2.75) is 20.4 Å². The van der Waals surface area contributed by atoms with E-state index in [0.29, 0.717) is 17.4 Å². The SMILES string of the molecule is Cc1cc(C)nc(NC(=O)N(C)Cc2cc(Cl)cn2C)c1. The first-order valence-corrected chi connectivity index (χ1v) is 7.01. The van der Waals surface area contributed by atoms with Crippen LogP contribution in [0.2, 0.25) is 5.02 Å². The third-order valence-corrected chi connectivity index (χ3v) is 3.36. The zero-order valence-electron chi connectivity index (χ0n) is 12.6. The number of pyridine rings is 1. The van der Waals surface area contributed by atoms with E-state index in [2.05, 4.69) is 10.3 Å². The molecule has 0 saturated heterocycles. The molecule has 0 fully saturated rings. The standard InChI is InChI=1S/C15H19ClN4O/c1-10-5-11(2)17-14(6-10)18-15(21)20(4)9-13-7-12(16)8-19(13)3/h5-8H,9H2,1-4H3,(H,17,18,21). The van der Waals surface area contributed by atoms with Gasteiger partial charge >= 0.3 is 6.03 Å². The van der Waals surface area contributed by atoms with Crippen LogP contribution in [0, 0.1) is 13.8 Å². The predicted molar refractivity (Wildman–Crippen MR) is 84.6 cm³/mol. The molecule has 0 saturated carbocycles. The van der Waals surface area contributed by atoms with Gasteiger partial charge in [0.1, 0.15) is 5.82 Å². The second kappa shape index (κ2) is 6.18. The van der Waals surface area contributed by atoms with Crippen LogP contribution in [-0.4, -0.2) is 27.5 Å². The van der Waals surface area contributed by atoms with E-state index in [1.807, 2.05) is 49.9 Å². The summed E-state index contributed by atoms with van der Waals surface area (Å²) >= 11 is 5.94. The van der Waals surface area contributed by atoms with Crippen molar-refractivity contribution in [1.82, 2.24) is 14.5 Å². The molecular formula is C15H19ClN4O. The number of carbonyl (C=O) groups is 1. The number of halogens is 1. The molecule has 5 nitrogen and oxygen atoms in total. The Bertz CT molecular complexity index is 645. The molecule has 0 aliphatic rings. The summed E-state index contributed by atoms with van der Waals surface area (Å²) in [6, 6.07) is 5.45. The predicted octanol–water partition coefficient (Wildman–Crippen LogP) is 3.35. The Hall–Kier alpha value is -2.01. The molecule has 0 spiro atoms. The number of hydrogen-bond donors (Lipinski definition) is 1. The van der Waals surface area contributed by atoms with Gasteiger partial charge in [0.15, 0.2) is 0 Å². The molecule has 0 bridgehead atoms. The number of urea groups is 1. The van der Waals surface area contributed by atoms with Crippen molar-refractivity contribution in [3.8, 4) is 0 Å². The summed E-state index contributed by atoms with van der Waals surface area (Å²) in [5.41, 5.74) is 2.91. The van der Waals surface area contributed by atoms with Gasteiger partial charge in [-0.3, -0.25) is 5.32 Å². The van der Waals surface area contributed by atoms with Crippen molar-refractivity contribution in [3.63, 3.8) is 0 Å². The highest BCUT2D eigenvalue weighted by Crippen LogP contribution is 2.15. The van der Waals surface area contributed by atoms with Gasteiger partial charge in [-0.05, 0) is 37.6 Å². The highest BCUT2D eigenvalue weighted by molar-refractivity contribution is 6.30. The van der Waals surface area contributed by atoms with Crippen LogP contribution in [0.1, 0.15) is 17.0 Å². The lowest BCUT2D eigenvalue weighted by atomic mass is 10.2. The number of amides is 2. The van der Waals surface area contributed by atoms with E-state index in [4.69, 9.17) is 11.6 Å². The molecule has 0 atom stereocenters. The molecule has 112 valence electrons. The van der Waals surface area contributed by atoms with Crippen LogP contribution in [0.15, 0.2) is 24.4 Å². The first kappa shape index (κ1) is 15.4. The van der Waals surface area contributed by atoms with E-state index < -0.39 is 0 Å². The van der Waals surface area contributed by atoms with Gasteiger partial charge in [0, 0.05) is 31.7 Å². The lowest BCUT2D eigenvalue weighted by Crippen LogP contribution is -2.31. The Morgan fingerprint density at radius 3 is 2.67 bits per heavy atom. The minimum atomic E-state index is -0.204. The molecule has 2 heterocycles. The normalized spacial score (nSPS) is 10.5. The van der Waals surface area contributed by atoms with Gasteiger partial charge < -0.3 is 9.47 Å². The largest absolute Gasteiger partial charge is 0.351 e. The third kappa shape index (κ3) is 3.98. The smallest absolute Gasteiger partial charge is 0.323 e. The first-order chi connectivity index (χ1) is 9.85. The number of aryl methyl sites for hydroxylation is 3. The molecule has 2 aromatic rings. The molecule has 0 aliphatic carbocycles. The summed E-state index contributed by atoms with van der Waals surface area (Å²) in [5, 5.41) is 3.47. The molecule has 0 aliphatic heterocycles. The van der Waals surface area contributed by atoms with Crippen LogP contribution in [0.25, 0.3) is 0 Å². The number of carbonyl (C=O) groups excluding carboxylic acids is 1. The number of anilines is 1. The highest BCUT2D eigenvalue weighted by atomic mass is 35.5. The van der Waals surface area contributed by atoms with Crippen LogP contribution < -0.4 is 5.32 Å². The van der Waals surface area contributed by atoms with Gasteiger partial charge in [0.25, 0.3) is 0 Å². The molecular weight excluding hydrogens is 288 g/mol. The molecule has 1 N–H and O–H groups in total. The van der Waals surface area contributed by atoms with E-state index >= 15 is 0 Å². The highest BCUT2D eigenvalue weighted by Gasteiger charge is 2.12. The first-order valence-electron chi connectivity index (χ1n) is 6.63.